The number of nitrogens with zero attached hydrogens (tertiary/aromatic N) is 1. The number of amides is 1. The second kappa shape index (κ2) is 9.29. The molecule has 0 aliphatic carbocycles. The molecule has 0 saturated carbocycles. The first-order chi connectivity index (χ1) is 13.5. The van der Waals surface area contributed by atoms with E-state index in [0.717, 1.165) is 16.5 Å². The van der Waals surface area contributed by atoms with Gasteiger partial charge in [0.2, 0.25) is 15.9 Å². The van der Waals surface area contributed by atoms with Crippen molar-refractivity contribution in [1.82, 2.24) is 15.0 Å². The number of hydrogen-bond acceptors (Lipinski definition) is 5. The Morgan fingerprint density at radius 1 is 1.00 bits per heavy atom. The van der Waals surface area contributed by atoms with E-state index in [1.165, 1.54) is 24.5 Å². The van der Waals surface area contributed by atoms with Gasteiger partial charge in [-0.3, -0.25) is 9.78 Å². The van der Waals surface area contributed by atoms with E-state index >= 15 is 0 Å². The van der Waals surface area contributed by atoms with Gasteiger partial charge >= 0.3 is 0 Å². The average Bonchev–Trinajstić information content (AvgIpc) is 2.71. The van der Waals surface area contributed by atoms with E-state index < -0.39 is 10.0 Å². The topological polar surface area (TPSA) is 97.4 Å². The van der Waals surface area contributed by atoms with Crippen LogP contribution < -0.4 is 14.8 Å². The second-order valence-electron chi connectivity index (χ2n) is 6.04. The maximum Gasteiger partial charge on any atom is 0.242 e. The summed E-state index contributed by atoms with van der Waals surface area (Å²) in [6.45, 7) is 0.668. The van der Waals surface area contributed by atoms with Crippen molar-refractivity contribution in [3.63, 3.8) is 0 Å². The molecule has 0 spiro atoms. The van der Waals surface area contributed by atoms with E-state index in [1.54, 1.807) is 0 Å². The van der Waals surface area contributed by atoms with Crippen LogP contribution in [0.4, 0.5) is 0 Å². The first-order valence-electron chi connectivity index (χ1n) is 8.82. The molecule has 3 aromatic rings. The zero-order chi connectivity index (χ0) is 19.8. The molecule has 2 N–H and O–H groups in total. The number of aromatic nitrogens is 1. The SMILES string of the molecule is O=C(CCNS(=O)(=O)c1cccnc1)NCCOc1ccc2ccccc2c1. The molecule has 0 atom stereocenters. The quantitative estimate of drug-likeness (QED) is 0.537. The number of carbonyl (C=O) groups excluding carboxylic acids is 1. The van der Waals surface area contributed by atoms with Crippen molar-refractivity contribution in [3.8, 4) is 5.75 Å². The predicted octanol–water partition coefficient (Wildman–Crippen LogP) is 2.10. The molecule has 3 rings (SSSR count). The molecule has 7 nitrogen and oxygen atoms in total. The van der Waals surface area contributed by atoms with Gasteiger partial charge in [-0.1, -0.05) is 30.3 Å². The average molecular weight is 399 g/mol. The fourth-order valence-corrected chi connectivity index (χ4v) is 3.59. The van der Waals surface area contributed by atoms with Crippen LogP contribution in [0.5, 0.6) is 5.75 Å². The van der Waals surface area contributed by atoms with Crippen LogP contribution in [0, 0.1) is 0 Å². The number of carbonyl (C=O) groups is 1. The third kappa shape index (κ3) is 5.51. The lowest BCUT2D eigenvalue weighted by Gasteiger charge is -2.09. The molecule has 146 valence electrons. The summed E-state index contributed by atoms with van der Waals surface area (Å²) in [6, 6.07) is 16.8. The summed E-state index contributed by atoms with van der Waals surface area (Å²) in [5, 5.41) is 4.93. The predicted molar refractivity (Wildman–Crippen MR) is 106 cm³/mol. The highest BCUT2D eigenvalue weighted by molar-refractivity contribution is 7.89. The summed E-state index contributed by atoms with van der Waals surface area (Å²) in [7, 11) is -3.65. The highest BCUT2D eigenvalue weighted by Crippen LogP contribution is 2.20. The number of ether oxygens (including phenoxy) is 1. The standard InChI is InChI=1S/C20H21N3O4S/c24-20(9-11-23-28(25,26)19-6-3-10-21-15-19)22-12-13-27-18-8-7-16-4-1-2-5-17(16)14-18/h1-8,10,14-15,23H,9,11-13H2,(H,22,24). The smallest absolute Gasteiger partial charge is 0.242 e. The van der Waals surface area contributed by atoms with Crippen molar-refractivity contribution >= 4 is 26.7 Å². The molecule has 0 fully saturated rings. The molecule has 28 heavy (non-hydrogen) atoms. The molecule has 2 aromatic carbocycles. The van der Waals surface area contributed by atoms with Gasteiger partial charge < -0.3 is 10.1 Å². The molecule has 0 aliphatic rings. The number of nitrogens with one attached hydrogen (secondary N) is 2. The minimum absolute atomic E-state index is 0.00852. The van der Waals surface area contributed by atoms with Crippen LogP contribution in [0.3, 0.4) is 0 Å². The van der Waals surface area contributed by atoms with E-state index in [1.807, 2.05) is 42.5 Å². The summed E-state index contributed by atoms with van der Waals surface area (Å²) >= 11 is 0. The minimum Gasteiger partial charge on any atom is -0.492 e. The Balaban J connectivity index is 1.36. The van der Waals surface area contributed by atoms with Crippen LogP contribution in [0.1, 0.15) is 6.42 Å². The van der Waals surface area contributed by atoms with Crippen LogP contribution >= 0.6 is 0 Å². The van der Waals surface area contributed by atoms with Crippen LogP contribution in [0.25, 0.3) is 10.8 Å². The highest BCUT2D eigenvalue weighted by atomic mass is 32.2. The molecule has 1 amide bonds. The van der Waals surface area contributed by atoms with Crippen LogP contribution in [-0.2, 0) is 14.8 Å². The Kier molecular flexibility index (Phi) is 6.57. The van der Waals surface area contributed by atoms with Crippen molar-refractivity contribution in [1.29, 1.82) is 0 Å². The normalized spacial score (nSPS) is 11.3. The molecular weight excluding hydrogens is 378 g/mol. The molecule has 0 aliphatic heterocycles. The summed E-state index contributed by atoms with van der Waals surface area (Å²) in [5.41, 5.74) is 0. The summed E-state index contributed by atoms with van der Waals surface area (Å²) in [5.74, 6) is 0.480. The fraction of sp³-hybridized carbons (Fsp3) is 0.200. The molecule has 8 heteroatoms. The monoisotopic (exact) mass is 399 g/mol. The van der Waals surface area contributed by atoms with Crippen LogP contribution in [0.2, 0.25) is 0 Å². The van der Waals surface area contributed by atoms with E-state index in [9.17, 15) is 13.2 Å². The van der Waals surface area contributed by atoms with Gasteiger partial charge in [-0.25, -0.2) is 13.1 Å². The first-order valence-corrected chi connectivity index (χ1v) is 10.3. The van der Waals surface area contributed by atoms with Gasteiger partial charge in [0.25, 0.3) is 0 Å². The van der Waals surface area contributed by atoms with Gasteiger partial charge in [-0.15, -0.1) is 0 Å². The number of fused-ring (bicyclic) bond motifs is 1. The van der Waals surface area contributed by atoms with E-state index in [0.29, 0.717) is 13.2 Å². The van der Waals surface area contributed by atoms with Gasteiger partial charge in [-0.2, -0.15) is 0 Å². The fourth-order valence-electron chi connectivity index (χ4n) is 2.59. The van der Waals surface area contributed by atoms with Crippen molar-refractivity contribution < 1.29 is 17.9 Å². The maximum atomic E-state index is 12.0. The third-order valence-electron chi connectivity index (χ3n) is 4.00. The Hall–Kier alpha value is -2.97. The Morgan fingerprint density at radius 3 is 2.61 bits per heavy atom. The largest absolute Gasteiger partial charge is 0.492 e. The van der Waals surface area contributed by atoms with Gasteiger partial charge in [0.15, 0.2) is 0 Å². The lowest BCUT2D eigenvalue weighted by atomic mass is 10.1. The lowest BCUT2D eigenvalue weighted by Crippen LogP contribution is -2.32. The van der Waals surface area contributed by atoms with Crippen molar-refractivity contribution in [2.24, 2.45) is 0 Å². The van der Waals surface area contributed by atoms with Crippen LogP contribution in [-0.4, -0.2) is 39.0 Å². The first kappa shape index (κ1) is 19.8. The molecule has 0 radical (unpaired) electrons. The summed E-state index contributed by atoms with van der Waals surface area (Å²) in [4.78, 5) is 15.7. The number of rotatable bonds is 9. The Labute approximate surface area is 163 Å². The van der Waals surface area contributed by atoms with Gasteiger partial charge in [-0.05, 0) is 35.0 Å². The Bertz CT molecular complexity index is 1040. The van der Waals surface area contributed by atoms with Crippen molar-refractivity contribution in [2.45, 2.75) is 11.3 Å². The van der Waals surface area contributed by atoms with E-state index in [-0.39, 0.29) is 23.8 Å². The van der Waals surface area contributed by atoms with E-state index in [4.69, 9.17) is 4.74 Å². The van der Waals surface area contributed by atoms with Crippen molar-refractivity contribution in [2.75, 3.05) is 19.7 Å². The molecule has 0 unspecified atom stereocenters. The summed E-state index contributed by atoms with van der Waals surface area (Å²) in [6.07, 6.45) is 2.79. The molecule has 0 saturated heterocycles. The second-order valence-corrected chi connectivity index (χ2v) is 7.81. The number of benzene rings is 2. The van der Waals surface area contributed by atoms with E-state index in [2.05, 4.69) is 15.0 Å². The number of hydrogen-bond donors (Lipinski definition) is 2. The van der Waals surface area contributed by atoms with Gasteiger partial charge in [0.1, 0.15) is 17.3 Å². The number of pyridine rings is 1. The minimum atomic E-state index is -3.65. The highest BCUT2D eigenvalue weighted by Gasteiger charge is 2.13. The van der Waals surface area contributed by atoms with Crippen molar-refractivity contribution in [3.05, 3.63) is 67.0 Å². The number of sulfonamides is 1. The maximum absolute atomic E-state index is 12.0. The molecular formula is C20H21N3O4S. The lowest BCUT2D eigenvalue weighted by molar-refractivity contribution is -0.121. The van der Waals surface area contributed by atoms with Crippen LogP contribution in [0.15, 0.2) is 71.9 Å². The van der Waals surface area contributed by atoms with Gasteiger partial charge in [0.05, 0.1) is 6.54 Å². The zero-order valence-electron chi connectivity index (χ0n) is 15.2. The third-order valence-corrected chi connectivity index (χ3v) is 5.45. The molecule has 1 heterocycles. The molecule has 0 bridgehead atoms. The molecule has 1 aromatic heterocycles. The zero-order valence-corrected chi connectivity index (χ0v) is 16.0. The van der Waals surface area contributed by atoms with Gasteiger partial charge in [0, 0.05) is 25.4 Å². The summed E-state index contributed by atoms with van der Waals surface area (Å²) < 4.78 is 32.1. The Morgan fingerprint density at radius 2 is 1.82 bits per heavy atom.